The van der Waals surface area contributed by atoms with Crippen molar-refractivity contribution in [1.82, 2.24) is 0 Å². The van der Waals surface area contributed by atoms with Crippen molar-refractivity contribution in [3.05, 3.63) is 88.9 Å². The fourth-order valence-corrected chi connectivity index (χ4v) is 3.83. The number of thioether (sulfide) groups is 1. The highest BCUT2D eigenvalue weighted by molar-refractivity contribution is 8.00. The van der Waals surface area contributed by atoms with E-state index in [4.69, 9.17) is 11.6 Å². The summed E-state index contributed by atoms with van der Waals surface area (Å²) in [6, 6.07) is 22.4. The van der Waals surface area contributed by atoms with E-state index < -0.39 is 0 Å². The monoisotopic (exact) mass is 438 g/mol. The number of hydrogen-bond acceptors (Lipinski definition) is 3. The van der Waals surface area contributed by atoms with Crippen molar-refractivity contribution in [1.29, 1.82) is 0 Å². The van der Waals surface area contributed by atoms with Crippen LogP contribution in [0, 0.1) is 6.92 Å². The Kier molecular flexibility index (Phi) is 7.55. The Balaban J connectivity index is 1.56. The molecule has 0 saturated carbocycles. The van der Waals surface area contributed by atoms with Gasteiger partial charge in [-0.2, -0.15) is 0 Å². The number of benzene rings is 3. The van der Waals surface area contributed by atoms with Gasteiger partial charge in [-0.25, -0.2) is 0 Å². The van der Waals surface area contributed by atoms with Gasteiger partial charge in [0.05, 0.1) is 11.7 Å². The van der Waals surface area contributed by atoms with E-state index in [0.29, 0.717) is 10.7 Å². The van der Waals surface area contributed by atoms with Crippen LogP contribution in [0.4, 0.5) is 11.4 Å². The second-order valence-corrected chi connectivity index (χ2v) is 8.85. The summed E-state index contributed by atoms with van der Waals surface area (Å²) in [6.45, 7) is 3.87. The van der Waals surface area contributed by atoms with Gasteiger partial charge in [-0.3, -0.25) is 9.59 Å². The normalized spacial score (nSPS) is 11.6. The molecule has 3 aromatic carbocycles. The van der Waals surface area contributed by atoms with Gasteiger partial charge in [-0.15, -0.1) is 11.8 Å². The number of anilines is 2. The minimum atomic E-state index is -0.286. The maximum atomic E-state index is 12.5. The van der Waals surface area contributed by atoms with E-state index in [-0.39, 0.29) is 23.5 Å². The molecule has 0 aliphatic rings. The van der Waals surface area contributed by atoms with E-state index >= 15 is 0 Å². The van der Waals surface area contributed by atoms with Crippen LogP contribution < -0.4 is 10.6 Å². The van der Waals surface area contributed by atoms with Crippen molar-refractivity contribution >= 4 is 46.6 Å². The second-order valence-electron chi connectivity index (χ2n) is 6.99. The lowest BCUT2D eigenvalue weighted by Crippen LogP contribution is -2.22. The van der Waals surface area contributed by atoms with Gasteiger partial charge in [-0.1, -0.05) is 47.5 Å². The minimum Gasteiger partial charge on any atom is -0.326 e. The van der Waals surface area contributed by atoms with Crippen molar-refractivity contribution in [3.63, 3.8) is 0 Å². The van der Waals surface area contributed by atoms with Crippen molar-refractivity contribution in [3.8, 4) is 0 Å². The summed E-state index contributed by atoms with van der Waals surface area (Å²) >= 11 is 7.32. The average molecular weight is 439 g/mol. The fraction of sp³-hybridized carbons (Fsp3) is 0.167. The molecule has 3 rings (SSSR count). The Labute approximate surface area is 186 Å². The molecule has 1 atom stereocenters. The first-order chi connectivity index (χ1) is 14.4. The zero-order valence-corrected chi connectivity index (χ0v) is 18.4. The number of amides is 2. The van der Waals surface area contributed by atoms with Crippen LogP contribution in [0.2, 0.25) is 5.02 Å². The van der Waals surface area contributed by atoms with E-state index in [9.17, 15) is 9.59 Å². The molecule has 0 heterocycles. The lowest BCUT2D eigenvalue weighted by atomic mass is 10.1. The van der Waals surface area contributed by atoms with Crippen molar-refractivity contribution < 1.29 is 9.59 Å². The molecule has 0 aliphatic heterocycles. The van der Waals surface area contributed by atoms with Crippen LogP contribution in [0.1, 0.15) is 18.1 Å². The third-order valence-electron chi connectivity index (χ3n) is 4.40. The standard InChI is InChI=1S/C24H23ClN2O2S/c1-16-6-12-20(13-7-16)27-24(29)17(2)30-22-5-3-4-21(15-22)26-23(28)14-18-8-10-19(25)11-9-18/h3-13,15,17H,14H2,1-2H3,(H,26,28)(H,27,29). The highest BCUT2D eigenvalue weighted by Gasteiger charge is 2.15. The van der Waals surface area contributed by atoms with E-state index in [2.05, 4.69) is 10.6 Å². The summed E-state index contributed by atoms with van der Waals surface area (Å²) < 4.78 is 0. The molecule has 0 spiro atoms. The molecular formula is C24H23ClN2O2S. The second kappa shape index (κ2) is 10.3. The number of nitrogens with one attached hydrogen (secondary N) is 2. The molecule has 154 valence electrons. The number of rotatable bonds is 7. The molecule has 2 amide bonds. The van der Waals surface area contributed by atoms with Gasteiger partial charge < -0.3 is 10.6 Å². The van der Waals surface area contributed by atoms with Crippen LogP contribution in [0.5, 0.6) is 0 Å². The first kappa shape index (κ1) is 21.9. The van der Waals surface area contributed by atoms with Crippen LogP contribution in [-0.4, -0.2) is 17.1 Å². The van der Waals surface area contributed by atoms with Gasteiger partial charge in [-0.05, 0) is 61.9 Å². The first-order valence-electron chi connectivity index (χ1n) is 9.57. The molecule has 0 bridgehead atoms. The molecule has 4 nitrogen and oxygen atoms in total. The zero-order valence-electron chi connectivity index (χ0n) is 16.8. The predicted molar refractivity (Wildman–Crippen MR) is 125 cm³/mol. The van der Waals surface area contributed by atoms with Crippen LogP contribution in [0.25, 0.3) is 0 Å². The van der Waals surface area contributed by atoms with Crippen LogP contribution in [0.3, 0.4) is 0 Å². The summed E-state index contributed by atoms with van der Waals surface area (Å²) in [6.07, 6.45) is 0.268. The molecule has 1 unspecified atom stereocenters. The Bertz CT molecular complexity index is 1020. The lowest BCUT2D eigenvalue weighted by Gasteiger charge is -2.13. The largest absolute Gasteiger partial charge is 0.326 e. The maximum absolute atomic E-state index is 12.5. The molecule has 0 fully saturated rings. The highest BCUT2D eigenvalue weighted by atomic mass is 35.5. The van der Waals surface area contributed by atoms with Gasteiger partial charge in [0.1, 0.15) is 0 Å². The average Bonchev–Trinajstić information content (AvgIpc) is 2.71. The smallest absolute Gasteiger partial charge is 0.237 e. The molecule has 30 heavy (non-hydrogen) atoms. The number of carbonyl (C=O) groups is 2. The van der Waals surface area contributed by atoms with Crippen LogP contribution in [-0.2, 0) is 16.0 Å². The van der Waals surface area contributed by atoms with Crippen molar-refractivity contribution in [2.75, 3.05) is 10.6 Å². The first-order valence-corrected chi connectivity index (χ1v) is 10.8. The SMILES string of the molecule is Cc1ccc(NC(=O)C(C)Sc2cccc(NC(=O)Cc3ccc(Cl)cc3)c2)cc1. The van der Waals surface area contributed by atoms with Gasteiger partial charge in [0.15, 0.2) is 0 Å². The Morgan fingerprint density at radius 3 is 2.33 bits per heavy atom. The number of carbonyl (C=O) groups excluding carboxylic acids is 2. The van der Waals surface area contributed by atoms with E-state index in [0.717, 1.165) is 21.7 Å². The molecule has 0 aromatic heterocycles. The summed E-state index contributed by atoms with van der Waals surface area (Å²) in [5.41, 5.74) is 3.51. The summed E-state index contributed by atoms with van der Waals surface area (Å²) in [5, 5.41) is 6.19. The zero-order chi connectivity index (χ0) is 21.5. The molecule has 2 N–H and O–H groups in total. The Morgan fingerprint density at radius 1 is 0.933 bits per heavy atom. The van der Waals surface area contributed by atoms with Crippen molar-refractivity contribution in [2.45, 2.75) is 30.4 Å². The molecule has 0 saturated heterocycles. The number of hydrogen-bond donors (Lipinski definition) is 2. The highest BCUT2D eigenvalue weighted by Crippen LogP contribution is 2.27. The van der Waals surface area contributed by atoms with Crippen LogP contribution in [0.15, 0.2) is 77.7 Å². The Morgan fingerprint density at radius 2 is 1.63 bits per heavy atom. The van der Waals surface area contributed by atoms with Crippen LogP contribution >= 0.6 is 23.4 Å². The molecular weight excluding hydrogens is 416 g/mol. The minimum absolute atomic E-state index is 0.0685. The van der Waals surface area contributed by atoms with Crippen molar-refractivity contribution in [2.24, 2.45) is 0 Å². The number of halogens is 1. The lowest BCUT2D eigenvalue weighted by molar-refractivity contribution is -0.116. The third-order valence-corrected chi connectivity index (χ3v) is 5.74. The van der Waals surface area contributed by atoms with Gasteiger partial charge in [0, 0.05) is 21.3 Å². The van der Waals surface area contributed by atoms with Gasteiger partial charge in [0.2, 0.25) is 11.8 Å². The summed E-state index contributed by atoms with van der Waals surface area (Å²) in [5.74, 6) is -0.175. The molecule has 3 aromatic rings. The van der Waals surface area contributed by atoms with Gasteiger partial charge in [0.25, 0.3) is 0 Å². The summed E-state index contributed by atoms with van der Waals surface area (Å²) in [7, 11) is 0. The fourth-order valence-electron chi connectivity index (χ4n) is 2.78. The molecule has 0 radical (unpaired) electrons. The summed E-state index contributed by atoms with van der Waals surface area (Å²) in [4.78, 5) is 25.7. The number of aryl methyl sites for hydroxylation is 1. The quantitative estimate of drug-likeness (QED) is 0.448. The topological polar surface area (TPSA) is 58.2 Å². The maximum Gasteiger partial charge on any atom is 0.237 e. The predicted octanol–water partition coefficient (Wildman–Crippen LogP) is 5.95. The van der Waals surface area contributed by atoms with Gasteiger partial charge >= 0.3 is 0 Å². The third kappa shape index (κ3) is 6.65. The molecule has 6 heteroatoms. The van der Waals surface area contributed by atoms with E-state index in [1.165, 1.54) is 11.8 Å². The van der Waals surface area contributed by atoms with E-state index in [1.54, 1.807) is 12.1 Å². The molecule has 0 aliphatic carbocycles. The Hall–Kier alpha value is -2.76. The van der Waals surface area contributed by atoms with E-state index in [1.807, 2.05) is 74.5 Å².